The third-order valence-electron chi connectivity index (χ3n) is 5.32. The molecule has 0 amide bonds. The van der Waals surface area contributed by atoms with E-state index in [-0.39, 0.29) is 11.7 Å². The van der Waals surface area contributed by atoms with Crippen LogP contribution in [0.5, 0.6) is 11.5 Å². The van der Waals surface area contributed by atoms with Crippen LogP contribution in [0.25, 0.3) is 11.3 Å². The van der Waals surface area contributed by atoms with Crippen molar-refractivity contribution < 1.29 is 14.4 Å². The standard InChI is InChI=1S/C24H29N3O4S/c1-16(2)10-11-17(3)26-22(19-14-18(30-4)12-13-23(19)31-5)15-32-24(26)25-20-8-6-7-9-21(20)27(28)29/h6-9,12-17H,10-11H2,1-5H3. The molecule has 3 aromatic rings. The maximum absolute atomic E-state index is 11.5. The Morgan fingerprint density at radius 1 is 1.09 bits per heavy atom. The van der Waals surface area contributed by atoms with Crippen LogP contribution < -0.4 is 14.3 Å². The number of methoxy groups -OCH3 is 2. The van der Waals surface area contributed by atoms with Gasteiger partial charge in [-0.1, -0.05) is 26.0 Å². The number of aromatic nitrogens is 1. The van der Waals surface area contributed by atoms with Gasteiger partial charge in [0.05, 0.1) is 24.8 Å². The maximum atomic E-state index is 11.5. The second-order valence-electron chi connectivity index (χ2n) is 8.02. The zero-order valence-electron chi connectivity index (χ0n) is 19.1. The van der Waals surface area contributed by atoms with E-state index < -0.39 is 4.92 Å². The molecule has 3 rings (SSSR count). The molecule has 0 fully saturated rings. The summed E-state index contributed by atoms with van der Waals surface area (Å²) in [6.45, 7) is 6.56. The topological polar surface area (TPSA) is 78.9 Å². The Balaban J connectivity index is 2.23. The van der Waals surface area contributed by atoms with Crippen molar-refractivity contribution in [2.45, 2.75) is 39.7 Å². The van der Waals surface area contributed by atoms with Gasteiger partial charge in [-0.05, 0) is 49.9 Å². The fourth-order valence-electron chi connectivity index (χ4n) is 3.56. The zero-order valence-corrected chi connectivity index (χ0v) is 19.9. The molecule has 1 heterocycles. The van der Waals surface area contributed by atoms with E-state index in [0.29, 0.717) is 16.4 Å². The second kappa shape index (κ2) is 10.5. The molecule has 0 aliphatic rings. The molecule has 0 radical (unpaired) electrons. The van der Waals surface area contributed by atoms with Gasteiger partial charge < -0.3 is 14.0 Å². The zero-order chi connectivity index (χ0) is 23.3. The van der Waals surface area contributed by atoms with E-state index in [4.69, 9.17) is 14.5 Å². The van der Waals surface area contributed by atoms with Crippen LogP contribution in [-0.2, 0) is 0 Å². The molecule has 0 aliphatic heterocycles. The number of hydrogen-bond donors (Lipinski definition) is 0. The molecule has 1 unspecified atom stereocenters. The van der Waals surface area contributed by atoms with Crippen molar-refractivity contribution in [3.63, 3.8) is 0 Å². The summed E-state index contributed by atoms with van der Waals surface area (Å²) in [5.41, 5.74) is 2.17. The molecule has 0 bridgehead atoms. The quantitative estimate of drug-likeness (QED) is 0.277. The first kappa shape index (κ1) is 23.5. The summed E-state index contributed by atoms with van der Waals surface area (Å²) in [5.74, 6) is 2.03. The predicted octanol–water partition coefficient (Wildman–Crippen LogP) is 6.37. The fourth-order valence-corrected chi connectivity index (χ4v) is 4.56. The van der Waals surface area contributed by atoms with E-state index in [0.717, 1.165) is 35.6 Å². The molecule has 170 valence electrons. The van der Waals surface area contributed by atoms with Crippen LogP contribution >= 0.6 is 11.3 Å². The highest BCUT2D eigenvalue weighted by Gasteiger charge is 2.19. The van der Waals surface area contributed by atoms with E-state index in [2.05, 4.69) is 25.3 Å². The molecule has 0 spiro atoms. The van der Waals surface area contributed by atoms with Crippen molar-refractivity contribution in [1.29, 1.82) is 0 Å². The van der Waals surface area contributed by atoms with Crippen molar-refractivity contribution in [2.75, 3.05) is 14.2 Å². The Labute approximate surface area is 192 Å². The van der Waals surface area contributed by atoms with Crippen LogP contribution in [0.4, 0.5) is 11.4 Å². The van der Waals surface area contributed by atoms with Gasteiger partial charge in [0.25, 0.3) is 5.69 Å². The number of rotatable bonds is 9. The number of nitro groups is 1. The summed E-state index contributed by atoms with van der Waals surface area (Å²) in [4.78, 5) is 16.5. The molecule has 32 heavy (non-hydrogen) atoms. The van der Waals surface area contributed by atoms with Gasteiger partial charge in [-0.2, -0.15) is 0 Å². The van der Waals surface area contributed by atoms with E-state index in [9.17, 15) is 10.1 Å². The monoisotopic (exact) mass is 455 g/mol. The summed E-state index contributed by atoms with van der Waals surface area (Å²) in [7, 11) is 3.27. The average Bonchev–Trinajstić information content (AvgIpc) is 3.20. The van der Waals surface area contributed by atoms with Crippen molar-refractivity contribution in [3.8, 4) is 22.8 Å². The number of hydrogen-bond acceptors (Lipinski definition) is 6. The number of ether oxygens (including phenoxy) is 2. The Hall–Kier alpha value is -3.13. The molecule has 1 aromatic heterocycles. The summed E-state index contributed by atoms with van der Waals surface area (Å²) < 4.78 is 13.2. The predicted molar refractivity (Wildman–Crippen MR) is 128 cm³/mol. The van der Waals surface area contributed by atoms with Gasteiger partial charge in [0, 0.05) is 23.1 Å². The molecule has 7 nitrogen and oxygen atoms in total. The molecule has 0 aliphatic carbocycles. The third-order valence-corrected chi connectivity index (χ3v) is 6.16. The van der Waals surface area contributed by atoms with Gasteiger partial charge in [-0.3, -0.25) is 10.1 Å². The van der Waals surface area contributed by atoms with E-state index in [1.165, 1.54) is 17.4 Å². The molecule has 1 atom stereocenters. The number of benzene rings is 2. The largest absolute Gasteiger partial charge is 0.497 e. The minimum Gasteiger partial charge on any atom is -0.497 e. The Morgan fingerprint density at radius 3 is 2.50 bits per heavy atom. The highest BCUT2D eigenvalue weighted by Crippen LogP contribution is 2.36. The van der Waals surface area contributed by atoms with Gasteiger partial charge >= 0.3 is 0 Å². The number of para-hydroxylation sites is 2. The normalized spacial score (nSPS) is 12.8. The van der Waals surface area contributed by atoms with Gasteiger partial charge in [0.1, 0.15) is 17.2 Å². The Bertz CT molecular complexity index is 1150. The van der Waals surface area contributed by atoms with Gasteiger partial charge in [-0.25, -0.2) is 4.99 Å². The smallest absolute Gasteiger partial charge is 0.294 e. The van der Waals surface area contributed by atoms with Crippen molar-refractivity contribution >= 4 is 22.7 Å². The Kier molecular flexibility index (Phi) is 7.69. The van der Waals surface area contributed by atoms with Crippen LogP contribution in [0.15, 0.2) is 52.8 Å². The highest BCUT2D eigenvalue weighted by molar-refractivity contribution is 7.07. The van der Waals surface area contributed by atoms with Crippen molar-refractivity contribution in [1.82, 2.24) is 4.57 Å². The van der Waals surface area contributed by atoms with Crippen LogP contribution in [0.1, 0.15) is 39.7 Å². The first-order valence-electron chi connectivity index (χ1n) is 10.6. The Morgan fingerprint density at radius 2 is 1.84 bits per heavy atom. The maximum Gasteiger partial charge on any atom is 0.294 e. The third kappa shape index (κ3) is 5.19. The summed E-state index contributed by atoms with van der Waals surface area (Å²) in [5, 5.41) is 13.5. The van der Waals surface area contributed by atoms with E-state index in [1.807, 2.05) is 23.6 Å². The van der Waals surface area contributed by atoms with Gasteiger partial charge in [0.15, 0.2) is 4.80 Å². The number of thiazole rings is 1. The summed E-state index contributed by atoms with van der Waals surface area (Å²) in [6, 6.07) is 12.4. The summed E-state index contributed by atoms with van der Waals surface area (Å²) >= 11 is 1.46. The van der Waals surface area contributed by atoms with Crippen LogP contribution in [0.2, 0.25) is 0 Å². The minimum absolute atomic E-state index is 0.0113. The lowest BCUT2D eigenvalue weighted by Gasteiger charge is -2.20. The van der Waals surface area contributed by atoms with Crippen molar-refractivity contribution in [3.05, 3.63) is 62.8 Å². The lowest BCUT2D eigenvalue weighted by molar-refractivity contribution is -0.384. The number of nitrogens with zero attached hydrogens (tertiary/aromatic N) is 3. The second-order valence-corrected chi connectivity index (χ2v) is 8.85. The lowest BCUT2D eigenvalue weighted by Crippen LogP contribution is -2.20. The molecule has 8 heteroatoms. The molecular formula is C24H29N3O4S. The van der Waals surface area contributed by atoms with Gasteiger partial charge in [-0.15, -0.1) is 11.3 Å². The number of nitro benzene ring substituents is 1. The van der Waals surface area contributed by atoms with Crippen LogP contribution in [0.3, 0.4) is 0 Å². The minimum atomic E-state index is -0.398. The molecule has 0 N–H and O–H groups in total. The first-order chi connectivity index (χ1) is 15.3. The van der Waals surface area contributed by atoms with Crippen LogP contribution in [0, 0.1) is 16.0 Å². The van der Waals surface area contributed by atoms with Crippen LogP contribution in [-0.4, -0.2) is 23.7 Å². The molecule has 2 aromatic carbocycles. The highest BCUT2D eigenvalue weighted by atomic mass is 32.1. The van der Waals surface area contributed by atoms with E-state index >= 15 is 0 Å². The lowest BCUT2D eigenvalue weighted by atomic mass is 10.0. The molecule has 0 saturated heterocycles. The molecular weight excluding hydrogens is 426 g/mol. The van der Waals surface area contributed by atoms with Gasteiger partial charge in [0.2, 0.25) is 0 Å². The van der Waals surface area contributed by atoms with Crippen molar-refractivity contribution in [2.24, 2.45) is 10.9 Å². The SMILES string of the molecule is COc1ccc(OC)c(-c2csc(=Nc3ccccc3[N+](=O)[O-])n2C(C)CCC(C)C)c1. The molecule has 0 saturated carbocycles. The summed E-state index contributed by atoms with van der Waals surface area (Å²) in [6.07, 6.45) is 2.02. The van der Waals surface area contributed by atoms with E-state index in [1.54, 1.807) is 32.4 Å². The average molecular weight is 456 g/mol. The fraction of sp³-hybridized carbons (Fsp3) is 0.375. The first-order valence-corrected chi connectivity index (χ1v) is 11.4.